The highest BCUT2D eigenvalue weighted by atomic mass is 32.1. The molecule has 1 aliphatic rings. The van der Waals surface area contributed by atoms with Gasteiger partial charge >= 0.3 is 0 Å². The average Bonchev–Trinajstić information content (AvgIpc) is 2.53. The molecule has 0 saturated carbocycles. The highest BCUT2D eigenvalue weighted by Gasteiger charge is 2.23. The van der Waals surface area contributed by atoms with Crippen LogP contribution in [0.3, 0.4) is 0 Å². The zero-order valence-electron chi connectivity index (χ0n) is 12.5. The van der Waals surface area contributed by atoms with Gasteiger partial charge in [0, 0.05) is 29.2 Å². The van der Waals surface area contributed by atoms with E-state index in [4.69, 9.17) is 18.0 Å². The third kappa shape index (κ3) is 2.62. The Balaban J connectivity index is 2.15. The van der Waals surface area contributed by atoms with Gasteiger partial charge in [0.15, 0.2) is 0 Å². The SMILES string of the molecule is CCC1CCCCN1c1ccc(C(N)=S)c2ccccc12. The number of rotatable bonds is 3. The van der Waals surface area contributed by atoms with Crippen molar-refractivity contribution in [2.45, 2.75) is 38.6 Å². The second-order valence-corrected chi connectivity index (χ2v) is 6.23. The molecule has 2 aromatic carbocycles. The van der Waals surface area contributed by atoms with E-state index in [9.17, 15) is 0 Å². The molecule has 2 aromatic rings. The molecule has 1 atom stereocenters. The molecule has 0 radical (unpaired) electrons. The van der Waals surface area contributed by atoms with Crippen LogP contribution in [0.15, 0.2) is 36.4 Å². The number of nitrogens with zero attached hydrogens (tertiary/aromatic N) is 1. The van der Waals surface area contributed by atoms with Gasteiger partial charge in [-0.05, 0) is 43.2 Å². The van der Waals surface area contributed by atoms with E-state index < -0.39 is 0 Å². The second kappa shape index (κ2) is 6.02. The molecule has 1 aliphatic heterocycles. The molecule has 1 saturated heterocycles. The topological polar surface area (TPSA) is 29.3 Å². The number of nitrogens with two attached hydrogens (primary N) is 1. The van der Waals surface area contributed by atoms with Gasteiger partial charge in [0.25, 0.3) is 0 Å². The molecule has 1 unspecified atom stereocenters. The Morgan fingerprint density at radius 1 is 1.19 bits per heavy atom. The Bertz CT molecular complexity index is 665. The smallest absolute Gasteiger partial charge is 0.104 e. The highest BCUT2D eigenvalue weighted by Crippen LogP contribution is 2.34. The number of fused-ring (bicyclic) bond motifs is 1. The summed E-state index contributed by atoms with van der Waals surface area (Å²) in [4.78, 5) is 3.05. The van der Waals surface area contributed by atoms with Crippen LogP contribution in [0.2, 0.25) is 0 Å². The van der Waals surface area contributed by atoms with Gasteiger partial charge in [0.2, 0.25) is 0 Å². The maximum absolute atomic E-state index is 5.88. The lowest BCUT2D eigenvalue weighted by molar-refractivity contribution is 0.451. The van der Waals surface area contributed by atoms with Crippen LogP contribution in [0.25, 0.3) is 10.8 Å². The summed E-state index contributed by atoms with van der Waals surface area (Å²) in [5.74, 6) is 0. The lowest BCUT2D eigenvalue weighted by Gasteiger charge is -2.38. The fraction of sp³-hybridized carbons (Fsp3) is 0.389. The molecule has 3 rings (SSSR count). The predicted octanol–water partition coefficient (Wildman–Crippen LogP) is 4.24. The Morgan fingerprint density at radius 2 is 1.95 bits per heavy atom. The standard InChI is InChI=1S/C18H22N2S/c1-2-13-7-5-6-12-20(13)17-11-10-16(18(19)21)14-8-3-4-9-15(14)17/h3-4,8-11,13H,2,5-7,12H2,1H3,(H2,19,21). The molecule has 21 heavy (non-hydrogen) atoms. The summed E-state index contributed by atoms with van der Waals surface area (Å²) in [7, 11) is 0. The van der Waals surface area contributed by atoms with E-state index in [1.807, 2.05) is 0 Å². The van der Waals surface area contributed by atoms with Crippen molar-refractivity contribution < 1.29 is 0 Å². The minimum Gasteiger partial charge on any atom is -0.389 e. The summed E-state index contributed by atoms with van der Waals surface area (Å²) < 4.78 is 0. The molecule has 0 spiro atoms. The minimum absolute atomic E-state index is 0.475. The largest absolute Gasteiger partial charge is 0.389 e. The molecule has 0 aliphatic carbocycles. The number of thiocarbonyl (C=S) groups is 1. The van der Waals surface area contributed by atoms with Gasteiger partial charge in [-0.15, -0.1) is 0 Å². The zero-order valence-corrected chi connectivity index (χ0v) is 13.3. The lowest BCUT2D eigenvalue weighted by Crippen LogP contribution is -2.39. The fourth-order valence-electron chi connectivity index (χ4n) is 3.49. The molecule has 2 nitrogen and oxygen atoms in total. The van der Waals surface area contributed by atoms with Crippen molar-refractivity contribution in [1.29, 1.82) is 0 Å². The normalized spacial score (nSPS) is 18.9. The highest BCUT2D eigenvalue weighted by molar-refractivity contribution is 7.80. The van der Waals surface area contributed by atoms with Crippen LogP contribution in [0, 0.1) is 0 Å². The molecule has 3 heteroatoms. The predicted molar refractivity (Wildman–Crippen MR) is 95.1 cm³/mol. The number of hydrogen-bond donors (Lipinski definition) is 1. The van der Waals surface area contributed by atoms with Crippen molar-refractivity contribution in [2.24, 2.45) is 5.73 Å². The number of benzene rings is 2. The van der Waals surface area contributed by atoms with Gasteiger partial charge < -0.3 is 10.6 Å². The van der Waals surface area contributed by atoms with Gasteiger partial charge in [-0.1, -0.05) is 43.4 Å². The molecule has 1 fully saturated rings. The first kappa shape index (κ1) is 14.3. The van der Waals surface area contributed by atoms with Crippen LogP contribution in [0.5, 0.6) is 0 Å². The van der Waals surface area contributed by atoms with Crippen molar-refractivity contribution in [1.82, 2.24) is 0 Å². The van der Waals surface area contributed by atoms with Gasteiger partial charge in [0.1, 0.15) is 4.99 Å². The maximum Gasteiger partial charge on any atom is 0.104 e. The van der Waals surface area contributed by atoms with E-state index in [-0.39, 0.29) is 0 Å². The van der Waals surface area contributed by atoms with E-state index in [0.29, 0.717) is 11.0 Å². The van der Waals surface area contributed by atoms with Gasteiger partial charge in [-0.3, -0.25) is 0 Å². The molecule has 1 heterocycles. The number of piperidine rings is 1. The molecular formula is C18H22N2S. The lowest BCUT2D eigenvalue weighted by atomic mass is 9.96. The number of anilines is 1. The van der Waals surface area contributed by atoms with Gasteiger partial charge in [-0.25, -0.2) is 0 Å². The molecule has 0 aromatic heterocycles. The summed E-state index contributed by atoms with van der Waals surface area (Å²) in [6.07, 6.45) is 5.12. The van der Waals surface area contributed by atoms with Crippen LogP contribution < -0.4 is 10.6 Å². The van der Waals surface area contributed by atoms with Crippen molar-refractivity contribution in [3.05, 3.63) is 42.0 Å². The summed E-state index contributed by atoms with van der Waals surface area (Å²) >= 11 is 5.20. The van der Waals surface area contributed by atoms with Crippen LogP contribution in [-0.4, -0.2) is 17.6 Å². The molecular weight excluding hydrogens is 276 g/mol. The van der Waals surface area contributed by atoms with Crippen LogP contribution in [0.1, 0.15) is 38.2 Å². The average molecular weight is 298 g/mol. The summed E-state index contributed by atoms with van der Waals surface area (Å²) in [5, 5.41) is 2.44. The molecule has 110 valence electrons. The van der Waals surface area contributed by atoms with E-state index in [1.165, 1.54) is 42.1 Å². The van der Waals surface area contributed by atoms with Crippen molar-refractivity contribution in [3.63, 3.8) is 0 Å². The zero-order chi connectivity index (χ0) is 14.8. The first-order chi connectivity index (χ1) is 10.2. The monoisotopic (exact) mass is 298 g/mol. The van der Waals surface area contributed by atoms with Crippen molar-refractivity contribution in [2.75, 3.05) is 11.4 Å². The Morgan fingerprint density at radius 3 is 2.67 bits per heavy atom. The summed E-state index contributed by atoms with van der Waals surface area (Å²) in [6.45, 7) is 3.43. The van der Waals surface area contributed by atoms with Gasteiger partial charge in [-0.2, -0.15) is 0 Å². The van der Waals surface area contributed by atoms with E-state index in [0.717, 1.165) is 12.1 Å². The van der Waals surface area contributed by atoms with Gasteiger partial charge in [0.05, 0.1) is 0 Å². The van der Waals surface area contributed by atoms with E-state index >= 15 is 0 Å². The first-order valence-electron chi connectivity index (χ1n) is 7.80. The maximum atomic E-state index is 5.88. The fourth-order valence-corrected chi connectivity index (χ4v) is 3.67. The Hall–Kier alpha value is -1.61. The van der Waals surface area contributed by atoms with E-state index in [2.05, 4.69) is 48.2 Å². The molecule has 0 amide bonds. The first-order valence-corrected chi connectivity index (χ1v) is 8.21. The molecule has 0 bridgehead atoms. The quantitative estimate of drug-likeness (QED) is 0.859. The van der Waals surface area contributed by atoms with Crippen LogP contribution in [-0.2, 0) is 0 Å². The second-order valence-electron chi connectivity index (χ2n) is 5.79. The Labute approximate surface area is 131 Å². The third-order valence-corrected chi connectivity index (χ3v) is 4.79. The van der Waals surface area contributed by atoms with Crippen LogP contribution in [0.4, 0.5) is 5.69 Å². The van der Waals surface area contributed by atoms with Crippen molar-refractivity contribution >= 4 is 33.7 Å². The van der Waals surface area contributed by atoms with E-state index in [1.54, 1.807) is 0 Å². The Kier molecular flexibility index (Phi) is 4.11. The van der Waals surface area contributed by atoms with Crippen molar-refractivity contribution in [3.8, 4) is 0 Å². The minimum atomic E-state index is 0.475. The number of hydrogen-bond acceptors (Lipinski definition) is 2. The summed E-state index contributed by atoms with van der Waals surface area (Å²) in [5.41, 5.74) is 8.19. The molecule has 2 N–H and O–H groups in total. The third-order valence-electron chi connectivity index (χ3n) is 4.57. The summed E-state index contributed by atoms with van der Waals surface area (Å²) in [6, 6.07) is 13.4. The van der Waals surface area contributed by atoms with Crippen LogP contribution >= 0.6 is 12.2 Å².